The number of likely N-dealkylation sites (tertiary alicyclic amines) is 2. The van der Waals surface area contributed by atoms with Crippen molar-refractivity contribution in [2.75, 3.05) is 46.3 Å². The van der Waals surface area contributed by atoms with E-state index in [0.29, 0.717) is 12.5 Å². The molecule has 3 aliphatic heterocycles. The van der Waals surface area contributed by atoms with Gasteiger partial charge in [0.1, 0.15) is 0 Å². The smallest absolute Gasteiger partial charge is 0.220 e. The molecule has 24 heavy (non-hydrogen) atoms. The summed E-state index contributed by atoms with van der Waals surface area (Å²) < 4.78 is 0. The number of amides is 1. The van der Waals surface area contributed by atoms with E-state index in [1.54, 1.807) is 0 Å². The average molecular weight is 335 g/mol. The van der Waals surface area contributed by atoms with Crippen molar-refractivity contribution in [1.82, 2.24) is 20.4 Å². The van der Waals surface area contributed by atoms with Crippen LogP contribution in [-0.4, -0.2) is 74.0 Å². The molecule has 136 valence electrons. The van der Waals surface area contributed by atoms with Gasteiger partial charge in [-0.15, -0.1) is 0 Å². The van der Waals surface area contributed by atoms with Crippen molar-refractivity contribution in [3.8, 4) is 0 Å². The van der Waals surface area contributed by atoms with Crippen LogP contribution >= 0.6 is 0 Å². The molecule has 0 aromatic heterocycles. The van der Waals surface area contributed by atoms with Gasteiger partial charge in [-0.2, -0.15) is 0 Å². The van der Waals surface area contributed by atoms with Crippen LogP contribution in [0.4, 0.5) is 0 Å². The number of carbonyl (C=O) groups is 1. The van der Waals surface area contributed by atoms with Gasteiger partial charge < -0.3 is 15.5 Å². The maximum Gasteiger partial charge on any atom is 0.220 e. The molecular weight excluding hydrogens is 302 g/mol. The molecule has 3 fully saturated rings. The summed E-state index contributed by atoms with van der Waals surface area (Å²) in [4.78, 5) is 21.1. The Balaban J connectivity index is 1.49. The molecular formula is C18H33N5O. The summed E-state index contributed by atoms with van der Waals surface area (Å²) in [5, 5.41) is 6.57. The first-order chi connectivity index (χ1) is 11.6. The number of piperidine rings is 2. The van der Waals surface area contributed by atoms with Crippen molar-refractivity contribution in [2.24, 2.45) is 10.4 Å². The van der Waals surface area contributed by atoms with Crippen LogP contribution in [0.15, 0.2) is 4.99 Å². The number of guanidine groups is 1. The Kier molecular flexibility index (Phi) is 5.64. The molecule has 3 aliphatic rings. The van der Waals surface area contributed by atoms with E-state index in [4.69, 9.17) is 0 Å². The summed E-state index contributed by atoms with van der Waals surface area (Å²) >= 11 is 0. The molecule has 0 aliphatic carbocycles. The zero-order valence-corrected chi connectivity index (χ0v) is 15.3. The summed E-state index contributed by atoms with van der Waals surface area (Å²) in [7, 11) is 1.87. The Labute approximate surface area is 146 Å². The Morgan fingerprint density at radius 3 is 2.96 bits per heavy atom. The Bertz CT molecular complexity index is 480. The topological polar surface area (TPSA) is 60.0 Å². The molecule has 6 nitrogen and oxygen atoms in total. The third kappa shape index (κ3) is 4.02. The predicted octanol–water partition coefficient (Wildman–Crippen LogP) is 1.04. The second kappa shape index (κ2) is 7.72. The molecule has 3 rings (SSSR count). The second-order valence-corrected chi connectivity index (χ2v) is 7.83. The number of nitrogens with one attached hydrogen (secondary N) is 2. The zero-order valence-electron chi connectivity index (χ0n) is 15.3. The molecule has 2 N–H and O–H groups in total. The minimum absolute atomic E-state index is 0.119. The van der Waals surface area contributed by atoms with Crippen LogP contribution in [0.2, 0.25) is 0 Å². The van der Waals surface area contributed by atoms with Crippen LogP contribution in [-0.2, 0) is 4.79 Å². The molecule has 2 atom stereocenters. The molecule has 3 saturated heterocycles. The summed E-state index contributed by atoms with van der Waals surface area (Å²) in [5.41, 5.74) is 0.119. The van der Waals surface area contributed by atoms with Crippen LogP contribution in [0.1, 0.15) is 45.4 Å². The Morgan fingerprint density at radius 2 is 2.25 bits per heavy atom. The first-order valence-corrected chi connectivity index (χ1v) is 9.58. The molecule has 1 spiro atoms. The maximum atomic E-state index is 11.7. The van der Waals surface area contributed by atoms with Gasteiger partial charge >= 0.3 is 0 Å². The third-order valence-electron chi connectivity index (χ3n) is 5.99. The number of carbonyl (C=O) groups excluding carboxylic acids is 1. The monoisotopic (exact) mass is 335 g/mol. The van der Waals surface area contributed by atoms with Crippen molar-refractivity contribution >= 4 is 11.9 Å². The lowest BCUT2D eigenvalue weighted by Crippen LogP contribution is -2.52. The highest BCUT2D eigenvalue weighted by Gasteiger charge is 2.42. The molecule has 3 heterocycles. The van der Waals surface area contributed by atoms with Gasteiger partial charge in [-0.3, -0.25) is 14.7 Å². The van der Waals surface area contributed by atoms with Gasteiger partial charge in [-0.25, -0.2) is 0 Å². The quantitative estimate of drug-likeness (QED) is 0.598. The maximum absolute atomic E-state index is 11.7. The van der Waals surface area contributed by atoms with Gasteiger partial charge in [-0.05, 0) is 39.2 Å². The van der Waals surface area contributed by atoms with Gasteiger partial charge in [-0.1, -0.05) is 6.42 Å². The van der Waals surface area contributed by atoms with Crippen molar-refractivity contribution in [3.63, 3.8) is 0 Å². The molecule has 2 unspecified atom stereocenters. The molecule has 0 aromatic carbocycles. The summed E-state index contributed by atoms with van der Waals surface area (Å²) in [6, 6.07) is 0.705. The number of hydrogen-bond donors (Lipinski definition) is 2. The Morgan fingerprint density at radius 1 is 1.38 bits per heavy atom. The number of nitrogens with zero attached hydrogens (tertiary/aromatic N) is 3. The molecule has 0 saturated carbocycles. The lowest BCUT2D eigenvalue weighted by Gasteiger charge is -2.41. The molecule has 0 radical (unpaired) electrons. The lowest BCUT2D eigenvalue weighted by atomic mass is 9.79. The molecule has 0 bridgehead atoms. The van der Waals surface area contributed by atoms with Gasteiger partial charge in [0.05, 0.1) is 0 Å². The summed E-state index contributed by atoms with van der Waals surface area (Å²) in [6.07, 6.45) is 6.98. The van der Waals surface area contributed by atoms with Crippen molar-refractivity contribution in [2.45, 2.75) is 51.5 Å². The van der Waals surface area contributed by atoms with Crippen LogP contribution in [0, 0.1) is 5.41 Å². The highest BCUT2D eigenvalue weighted by atomic mass is 16.1. The van der Waals surface area contributed by atoms with E-state index in [0.717, 1.165) is 51.5 Å². The van der Waals surface area contributed by atoms with E-state index in [1.807, 2.05) is 7.05 Å². The van der Waals surface area contributed by atoms with E-state index < -0.39 is 0 Å². The molecule has 0 aromatic rings. The highest BCUT2D eigenvalue weighted by molar-refractivity contribution is 5.81. The van der Waals surface area contributed by atoms with E-state index in [2.05, 4.69) is 32.3 Å². The summed E-state index contributed by atoms with van der Waals surface area (Å²) in [5.74, 6) is 1.21. The van der Waals surface area contributed by atoms with Crippen LogP contribution in [0.3, 0.4) is 0 Å². The lowest BCUT2D eigenvalue weighted by molar-refractivity contribution is -0.119. The van der Waals surface area contributed by atoms with Crippen LogP contribution in [0.5, 0.6) is 0 Å². The summed E-state index contributed by atoms with van der Waals surface area (Å²) in [6.45, 7) is 8.39. The SMILES string of the molecule is CN=C(NCCN1CCCCC1C)N1CCCC2(CNC(=O)C2)C1. The fraction of sp³-hybridized carbons (Fsp3) is 0.889. The van der Waals surface area contributed by atoms with E-state index >= 15 is 0 Å². The molecule has 1 amide bonds. The normalized spacial score (nSPS) is 32.2. The zero-order chi connectivity index (χ0) is 17.0. The first-order valence-electron chi connectivity index (χ1n) is 9.58. The fourth-order valence-electron chi connectivity index (χ4n) is 4.56. The van der Waals surface area contributed by atoms with Crippen LogP contribution < -0.4 is 10.6 Å². The second-order valence-electron chi connectivity index (χ2n) is 7.83. The number of rotatable bonds is 3. The third-order valence-corrected chi connectivity index (χ3v) is 5.99. The van der Waals surface area contributed by atoms with Crippen molar-refractivity contribution in [3.05, 3.63) is 0 Å². The van der Waals surface area contributed by atoms with E-state index in [9.17, 15) is 4.79 Å². The van der Waals surface area contributed by atoms with Crippen molar-refractivity contribution < 1.29 is 4.79 Å². The van der Waals surface area contributed by atoms with Gasteiger partial charge in [0.15, 0.2) is 5.96 Å². The number of aliphatic imine (C=N–C) groups is 1. The first kappa shape index (κ1) is 17.5. The van der Waals surface area contributed by atoms with Gasteiger partial charge in [0.2, 0.25) is 5.91 Å². The van der Waals surface area contributed by atoms with E-state index in [-0.39, 0.29) is 11.3 Å². The standard InChI is InChI=1S/C18H33N5O/c1-15-6-3-4-9-22(15)11-8-20-17(19-2)23-10-5-7-18(14-23)12-16(24)21-13-18/h15H,3-14H2,1-2H3,(H,19,20)(H,21,24). The number of hydrogen-bond acceptors (Lipinski definition) is 3. The predicted molar refractivity (Wildman–Crippen MR) is 97.1 cm³/mol. The van der Waals surface area contributed by atoms with Crippen LogP contribution in [0.25, 0.3) is 0 Å². The minimum Gasteiger partial charge on any atom is -0.355 e. The van der Waals surface area contributed by atoms with Gasteiger partial charge in [0, 0.05) is 57.6 Å². The minimum atomic E-state index is 0.119. The fourth-order valence-corrected chi connectivity index (χ4v) is 4.56. The largest absolute Gasteiger partial charge is 0.355 e. The van der Waals surface area contributed by atoms with E-state index in [1.165, 1.54) is 25.8 Å². The van der Waals surface area contributed by atoms with Gasteiger partial charge in [0.25, 0.3) is 0 Å². The average Bonchev–Trinajstić information content (AvgIpc) is 2.93. The molecule has 6 heteroatoms. The Hall–Kier alpha value is -1.30. The highest BCUT2D eigenvalue weighted by Crippen LogP contribution is 2.35. The van der Waals surface area contributed by atoms with Crippen molar-refractivity contribution in [1.29, 1.82) is 0 Å².